The highest BCUT2D eigenvalue weighted by Crippen LogP contribution is 2.33. The Kier molecular flexibility index (Phi) is 5.84. The first-order valence-corrected chi connectivity index (χ1v) is 8.26. The number of nitrogens with two attached hydrogens (primary N) is 1. The van der Waals surface area contributed by atoms with Gasteiger partial charge < -0.3 is 15.4 Å². The summed E-state index contributed by atoms with van der Waals surface area (Å²) in [7, 11) is 1.81. The lowest BCUT2D eigenvalue weighted by atomic mass is 9.85. The molecule has 0 aromatic rings. The Balaban J connectivity index is 1.89. The van der Waals surface area contributed by atoms with Crippen LogP contribution in [0.1, 0.15) is 33.1 Å². The first kappa shape index (κ1) is 16.2. The molecule has 2 saturated heterocycles. The van der Waals surface area contributed by atoms with Gasteiger partial charge in [-0.25, -0.2) is 0 Å². The van der Waals surface area contributed by atoms with Crippen LogP contribution in [-0.2, 0) is 4.74 Å². The fraction of sp³-hybridized carbons (Fsp3) is 1.00. The van der Waals surface area contributed by atoms with Crippen molar-refractivity contribution in [2.75, 3.05) is 53.0 Å². The highest BCUT2D eigenvalue weighted by molar-refractivity contribution is 4.99. The molecular formula is C16H33N3O. The summed E-state index contributed by atoms with van der Waals surface area (Å²) < 4.78 is 5.32. The van der Waals surface area contributed by atoms with Gasteiger partial charge in [0.1, 0.15) is 0 Å². The molecule has 2 rings (SSSR count). The van der Waals surface area contributed by atoms with E-state index in [1.54, 1.807) is 0 Å². The third kappa shape index (κ3) is 3.73. The van der Waals surface area contributed by atoms with Gasteiger partial charge >= 0.3 is 0 Å². The van der Waals surface area contributed by atoms with Crippen molar-refractivity contribution in [3.63, 3.8) is 0 Å². The number of likely N-dealkylation sites (tertiary alicyclic amines) is 2. The van der Waals surface area contributed by atoms with E-state index in [9.17, 15) is 0 Å². The Morgan fingerprint density at radius 3 is 2.50 bits per heavy atom. The molecule has 2 fully saturated rings. The molecule has 4 nitrogen and oxygen atoms in total. The normalized spacial score (nSPS) is 28.4. The van der Waals surface area contributed by atoms with Crippen molar-refractivity contribution in [1.29, 1.82) is 0 Å². The van der Waals surface area contributed by atoms with Gasteiger partial charge in [-0.15, -0.1) is 0 Å². The van der Waals surface area contributed by atoms with E-state index in [1.807, 2.05) is 7.11 Å². The third-order valence-electron chi connectivity index (χ3n) is 5.15. The monoisotopic (exact) mass is 283 g/mol. The van der Waals surface area contributed by atoms with E-state index < -0.39 is 0 Å². The average Bonchev–Trinajstić information content (AvgIpc) is 2.89. The Labute approximate surface area is 124 Å². The molecule has 4 heteroatoms. The summed E-state index contributed by atoms with van der Waals surface area (Å²) in [6.07, 6.45) is 3.73. The summed E-state index contributed by atoms with van der Waals surface area (Å²) in [4.78, 5) is 5.28. The van der Waals surface area contributed by atoms with Crippen LogP contribution in [0.3, 0.4) is 0 Å². The molecule has 20 heavy (non-hydrogen) atoms. The van der Waals surface area contributed by atoms with E-state index in [-0.39, 0.29) is 5.54 Å². The Morgan fingerprint density at radius 1 is 1.25 bits per heavy atom. The van der Waals surface area contributed by atoms with Crippen LogP contribution >= 0.6 is 0 Å². The van der Waals surface area contributed by atoms with Crippen molar-refractivity contribution < 1.29 is 4.74 Å². The van der Waals surface area contributed by atoms with Gasteiger partial charge in [0.15, 0.2) is 0 Å². The van der Waals surface area contributed by atoms with Crippen LogP contribution in [0.5, 0.6) is 0 Å². The second kappa shape index (κ2) is 7.21. The van der Waals surface area contributed by atoms with Crippen LogP contribution in [0.25, 0.3) is 0 Å². The van der Waals surface area contributed by atoms with Crippen molar-refractivity contribution in [2.24, 2.45) is 17.6 Å². The molecule has 2 heterocycles. The van der Waals surface area contributed by atoms with Gasteiger partial charge in [0.2, 0.25) is 0 Å². The maximum atomic E-state index is 6.19. The molecule has 0 saturated carbocycles. The van der Waals surface area contributed by atoms with Crippen LogP contribution in [-0.4, -0.2) is 68.3 Å². The molecular weight excluding hydrogens is 250 g/mol. The van der Waals surface area contributed by atoms with Crippen molar-refractivity contribution in [2.45, 2.75) is 38.6 Å². The quantitative estimate of drug-likeness (QED) is 0.800. The van der Waals surface area contributed by atoms with Crippen LogP contribution in [0, 0.1) is 11.8 Å². The summed E-state index contributed by atoms with van der Waals surface area (Å²) in [5, 5.41) is 0. The Bertz CT molecular complexity index is 287. The zero-order valence-electron chi connectivity index (χ0n) is 13.6. The van der Waals surface area contributed by atoms with E-state index in [1.165, 1.54) is 52.0 Å². The lowest BCUT2D eigenvalue weighted by molar-refractivity contribution is 0.0341. The number of rotatable bonds is 6. The zero-order chi connectivity index (χ0) is 14.6. The first-order chi connectivity index (χ1) is 9.59. The minimum atomic E-state index is 0.260. The lowest BCUT2D eigenvalue weighted by Crippen LogP contribution is -2.59. The largest absolute Gasteiger partial charge is 0.384 e. The van der Waals surface area contributed by atoms with Crippen LogP contribution in [0.4, 0.5) is 0 Å². The van der Waals surface area contributed by atoms with E-state index >= 15 is 0 Å². The molecule has 0 aromatic carbocycles. The Morgan fingerprint density at radius 2 is 1.95 bits per heavy atom. The molecule has 1 atom stereocenters. The summed E-state index contributed by atoms with van der Waals surface area (Å²) in [5.41, 5.74) is 6.45. The van der Waals surface area contributed by atoms with E-state index in [2.05, 4.69) is 23.6 Å². The number of nitrogens with zero attached hydrogens (tertiary/aromatic N) is 2. The van der Waals surface area contributed by atoms with Crippen molar-refractivity contribution in [1.82, 2.24) is 9.80 Å². The fourth-order valence-corrected chi connectivity index (χ4v) is 3.95. The standard InChI is InChI=1S/C16H33N3O/c1-14(2)10-18-8-5-16(13-17,6-9-18)19-7-4-15(11-19)12-20-3/h14-15H,4-13,17H2,1-3H3. The SMILES string of the molecule is COCC1CCN(C2(CN)CCN(CC(C)C)CC2)C1. The molecule has 2 aliphatic heterocycles. The topological polar surface area (TPSA) is 41.7 Å². The molecule has 0 spiro atoms. The van der Waals surface area contributed by atoms with Gasteiger partial charge in [0.05, 0.1) is 6.61 Å². The van der Waals surface area contributed by atoms with Crippen LogP contribution < -0.4 is 5.73 Å². The maximum Gasteiger partial charge on any atom is 0.0503 e. The summed E-state index contributed by atoms with van der Waals surface area (Å²) in [6, 6.07) is 0. The zero-order valence-corrected chi connectivity index (χ0v) is 13.6. The summed E-state index contributed by atoms with van der Waals surface area (Å²) in [6.45, 7) is 12.3. The number of hydrogen-bond donors (Lipinski definition) is 1. The smallest absolute Gasteiger partial charge is 0.0503 e. The third-order valence-corrected chi connectivity index (χ3v) is 5.15. The van der Waals surface area contributed by atoms with E-state index in [0.717, 1.165) is 19.1 Å². The Hall–Kier alpha value is -0.160. The molecule has 2 N–H and O–H groups in total. The van der Waals surface area contributed by atoms with Gasteiger partial charge in [-0.05, 0) is 50.7 Å². The number of piperidine rings is 1. The minimum absolute atomic E-state index is 0.260. The van der Waals surface area contributed by atoms with Gasteiger partial charge in [0, 0.05) is 32.3 Å². The number of methoxy groups -OCH3 is 1. The predicted octanol–water partition coefficient (Wildman–Crippen LogP) is 1.40. The highest BCUT2D eigenvalue weighted by atomic mass is 16.5. The van der Waals surface area contributed by atoms with Gasteiger partial charge in [0.25, 0.3) is 0 Å². The van der Waals surface area contributed by atoms with Crippen molar-refractivity contribution >= 4 is 0 Å². The summed E-state index contributed by atoms with van der Waals surface area (Å²) in [5.74, 6) is 1.47. The molecule has 0 aromatic heterocycles. The number of ether oxygens (including phenoxy) is 1. The van der Waals surface area contributed by atoms with Gasteiger partial charge in [-0.2, -0.15) is 0 Å². The second-order valence-electron chi connectivity index (χ2n) is 7.18. The molecule has 0 bridgehead atoms. The van der Waals surface area contributed by atoms with E-state index in [4.69, 9.17) is 10.5 Å². The van der Waals surface area contributed by atoms with Crippen molar-refractivity contribution in [3.8, 4) is 0 Å². The van der Waals surface area contributed by atoms with Gasteiger partial charge in [-0.1, -0.05) is 13.8 Å². The number of hydrogen-bond acceptors (Lipinski definition) is 4. The molecule has 118 valence electrons. The molecule has 2 aliphatic rings. The second-order valence-corrected chi connectivity index (χ2v) is 7.18. The molecule has 0 aliphatic carbocycles. The van der Waals surface area contributed by atoms with Gasteiger partial charge in [-0.3, -0.25) is 4.90 Å². The van der Waals surface area contributed by atoms with E-state index in [0.29, 0.717) is 5.92 Å². The van der Waals surface area contributed by atoms with Crippen LogP contribution in [0.15, 0.2) is 0 Å². The average molecular weight is 283 g/mol. The minimum Gasteiger partial charge on any atom is -0.384 e. The van der Waals surface area contributed by atoms with Crippen LogP contribution in [0.2, 0.25) is 0 Å². The predicted molar refractivity (Wildman–Crippen MR) is 83.9 cm³/mol. The first-order valence-electron chi connectivity index (χ1n) is 8.26. The highest BCUT2D eigenvalue weighted by Gasteiger charge is 2.41. The lowest BCUT2D eigenvalue weighted by Gasteiger charge is -2.47. The maximum absolute atomic E-state index is 6.19. The summed E-state index contributed by atoms with van der Waals surface area (Å²) >= 11 is 0. The van der Waals surface area contributed by atoms with Crippen molar-refractivity contribution in [3.05, 3.63) is 0 Å². The molecule has 0 amide bonds. The molecule has 0 radical (unpaired) electrons. The fourth-order valence-electron chi connectivity index (χ4n) is 3.95. The molecule has 1 unspecified atom stereocenters.